The van der Waals surface area contributed by atoms with E-state index in [4.69, 9.17) is 5.73 Å². The van der Waals surface area contributed by atoms with Gasteiger partial charge in [0.05, 0.1) is 0 Å². The van der Waals surface area contributed by atoms with Crippen molar-refractivity contribution in [3.8, 4) is 0 Å². The molecule has 10 heavy (non-hydrogen) atoms. The van der Waals surface area contributed by atoms with Crippen molar-refractivity contribution in [2.45, 2.75) is 5.16 Å². The molecule has 0 saturated carbocycles. The highest BCUT2D eigenvalue weighted by Crippen LogP contribution is 2.00. The molecule has 56 valence electrons. The maximum Gasteiger partial charge on any atom is 0.268 e. The lowest BCUT2D eigenvalue weighted by atomic mass is 11.1. The van der Waals surface area contributed by atoms with E-state index < -0.39 is 9.84 Å². The molecule has 0 amide bonds. The Morgan fingerprint density at radius 2 is 2.20 bits per heavy atom. The standard InChI is InChI=1S/C3H6N4O2S/c1-10(8,9)3-5-2(4)6-7-3/h1H3,(H3,4,5,6,7). The van der Waals surface area contributed by atoms with Crippen LogP contribution >= 0.6 is 0 Å². The summed E-state index contributed by atoms with van der Waals surface area (Å²) in [6.07, 6.45) is 1.01. The van der Waals surface area contributed by atoms with Crippen LogP contribution in [0, 0.1) is 0 Å². The van der Waals surface area contributed by atoms with E-state index in [0.29, 0.717) is 0 Å². The first-order chi connectivity index (χ1) is 4.50. The maximum absolute atomic E-state index is 10.6. The van der Waals surface area contributed by atoms with Crippen molar-refractivity contribution in [2.24, 2.45) is 0 Å². The van der Waals surface area contributed by atoms with Gasteiger partial charge in [0, 0.05) is 6.26 Å². The highest BCUT2D eigenvalue weighted by Gasteiger charge is 2.11. The lowest BCUT2D eigenvalue weighted by Gasteiger charge is -1.83. The fourth-order valence-electron chi connectivity index (χ4n) is 0.424. The number of nitrogens with one attached hydrogen (secondary N) is 1. The molecule has 1 aromatic heterocycles. The number of aromatic nitrogens is 3. The Balaban J connectivity index is 3.21. The quantitative estimate of drug-likeness (QED) is 0.539. The molecular weight excluding hydrogens is 156 g/mol. The normalized spacial score (nSPS) is 11.7. The Morgan fingerprint density at radius 3 is 2.40 bits per heavy atom. The van der Waals surface area contributed by atoms with Crippen LogP contribution in [-0.4, -0.2) is 29.9 Å². The Hall–Kier alpha value is -1.11. The van der Waals surface area contributed by atoms with Crippen LogP contribution in [0.25, 0.3) is 0 Å². The summed E-state index contributed by atoms with van der Waals surface area (Å²) in [6.45, 7) is 0. The van der Waals surface area contributed by atoms with Gasteiger partial charge in [-0.05, 0) is 0 Å². The minimum absolute atomic E-state index is 0.000394. The highest BCUT2D eigenvalue weighted by atomic mass is 32.2. The second-order valence-corrected chi connectivity index (χ2v) is 3.68. The first-order valence-electron chi connectivity index (χ1n) is 2.38. The smallest absolute Gasteiger partial charge is 0.268 e. The molecule has 0 saturated heterocycles. The molecule has 1 aromatic rings. The summed E-state index contributed by atoms with van der Waals surface area (Å²) < 4.78 is 21.3. The van der Waals surface area contributed by atoms with E-state index in [1.54, 1.807) is 0 Å². The highest BCUT2D eigenvalue weighted by molar-refractivity contribution is 7.90. The van der Waals surface area contributed by atoms with Gasteiger partial charge in [0.25, 0.3) is 5.16 Å². The molecule has 0 atom stereocenters. The molecule has 3 N–H and O–H groups in total. The molecule has 6 nitrogen and oxygen atoms in total. The third-order valence-corrected chi connectivity index (χ3v) is 1.66. The molecule has 0 aliphatic carbocycles. The van der Waals surface area contributed by atoms with Crippen molar-refractivity contribution in [3.63, 3.8) is 0 Å². The molecule has 7 heteroatoms. The summed E-state index contributed by atoms with van der Waals surface area (Å²) in [4.78, 5) is 3.41. The Kier molecular flexibility index (Phi) is 1.36. The number of nitrogens with two attached hydrogens (primary N) is 1. The minimum Gasteiger partial charge on any atom is -0.368 e. The van der Waals surface area contributed by atoms with Crippen LogP contribution in [0.1, 0.15) is 0 Å². The molecule has 0 aliphatic rings. The topological polar surface area (TPSA) is 102 Å². The largest absolute Gasteiger partial charge is 0.368 e. The Bertz CT molecular complexity index is 326. The van der Waals surface area contributed by atoms with Crippen LogP contribution in [0.4, 0.5) is 5.95 Å². The van der Waals surface area contributed by atoms with E-state index in [1.165, 1.54) is 0 Å². The lowest BCUT2D eigenvalue weighted by molar-refractivity contribution is 0.594. The van der Waals surface area contributed by atoms with Gasteiger partial charge in [-0.1, -0.05) is 0 Å². The number of aromatic amines is 1. The lowest BCUT2D eigenvalue weighted by Crippen LogP contribution is -1.99. The molecule has 0 aliphatic heterocycles. The molecule has 0 radical (unpaired) electrons. The van der Waals surface area contributed by atoms with Crippen LogP contribution in [0.5, 0.6) is 0 Å². The SMILES string of the molecule is CS(=O)(=O)c1n[nH]c(N)n1. The third kappa shape index (κ3) is 1.24. The zero-order valence-electron chi connectivity index (χ0n) is 5.20. The molecule has 0 unspecified atom stereocenters. The molecule has 1 heterocycles. The Morgan fingerprint density at radius 1 is 1.60 bits per heavy atom. The van der Waals surface area contributed by atoms with Gasteiger partial charge in [-0.3, -0.25) is 0 Å². The zero-order valence-corrected chi connectivity index (χ0v) is 6.01. The van der Waals surface area contributed by atoms with E-state index in [-0.39, 0.29) is 11.1 Å². The first-order valence-corrected chi connectivity index (χ1v) is 4.27. The van der Waals surface area contributed by atoms with Crippen molar-refractivity contribution in [3.05, 3.63) is 0 Å². The zero-order chi connectivity index (χ0) is 7.78. The van der Waals surface area contributed by atoms with Gasteiger partial charge < -0.3 is 5.73 Å². The van der Waals surface area contributed by atoms with Crippen molar-refractivity contribution in [1.29, 1.82) is 0 Å². The fourth-order valence-corrected chi connectivity index (χ4v) is 0.900. The molecule has 0 bridgehead atoms. The summed E-state index contributed by atoms with van der Waals surface area (Å²) in [5.74, 6) is 0.000394. The first kappa shape index (κ1) is 7.00. The summed E-state index contributed by atoms with van der Waals surface area (Å²) in [5, 5.41) is 5.28. The van der Waals surface area contributed by atoms with Crippen LogP contribution in [-0.2, 0) is 9.84 Å². The average molecular weight is 162 g/mol. The van der Waals surface area contributed by atoms with Crippen molar-refractivity contribution < 1.29 is 8.42 Å². The van der Waals surface area contributed by atoms with Gasteiger partial charge in [-0.15, -0.1) is 5.10 Å². The predicted octanol–water partition coefficient (Wildman–Crippen LogP) is -1.21. The Labute approximate surface area is 57.4 Å². The van der Waals surface area contributed by atoms with Gasteiger partial charge in [0.15, 0.2) is 0 Å². The fraction of sp³-hybridized carbons (Fsp3) is 0.333. The van der Waals surface area contributed by atoms with Gasteiger partial charge in [-0.25, -0.2) is 13.5 Å². The molecule has 0 fully saturated rings. The van der Waals surface area contributed by atoms with Gasteiger partial charge >= 0.3 is 0 Å². The van der Waals surface area contributed by atoms with Gasteiger partial charge in [0.1, 0.15) is 0 Å². The summed E-state index contributed by atoms with van der Waals surface area (Å²) in [5.41, 5.74) is 5.08. The van der Waals surface area contributed by atoms with Crippen molar-refractivity contribution >= 4 is 15.8 Å². The predicted molar refractivity (Wildman–Crippen MR) is 33.9 cm³/mol. The number of H-pyrrole nitrogens is 1. The number of anilines is 1. The summed E-state index contributed by atoms with van der Waals surface area (Å²) in [6, 6.07) is 0. The maximum atomic E-state index is 10.6. The van der Waals surface area contributed by atoms with Crippen LogP contribution in [0.3, 0.4) is 0 Å². The number of nitrogens with zero attached hydrogens (tertiary/aromatic N) is 2. The number of sulfone groups is 1. The van der Waals surface area contributed by atoms with E-state index in [0.717, 1.165) is 6.26 Å². The third-order valence-electron chi connectivity index (χ3n) is 0.814. The molecule has 0 aromatic carbocycles. The van der Waals surface area contributed by atoms with E-state index in [2.05, 4.69) is 15.2 Å². The van der Waals surface area contributed by atoms with E-state index in [9.17, 15) is 8.42 Å². The van der Waals surface area contributed by atoms with Crippen molar-refractivity contribution in [2.75, 3.05) is 12.0 Å². The summed E-state index contributed by atoms with van der Waals surface area (Å²) >= 11 is 0. The summed E-state index contributed by atoms with van der Waals surface area (Å²) in [7, 11) is -3.32. The molecule has 1 rings (SSSR count). The average Bonchev–Trinajstić information content (AvgIpc) is 2.11. The van der Waals surface area contributed by atoms with Gasteiger partial charge in [0.2, 0.25) is 15.8 Å². The van der Waals surface area contributed by atoms with E-state index >= 15 is 0 Å². The number of nitrogen functional groups attached to an aromatic ring is 1. The second-order valence-electron chi connectivity index (χ2n) is 1.78. The van der Waals surface area contributed by atoms with Gasteiger partial charge in [-0.2, -0.15) is 4.98 Å². The number of rotatable bonds is 1. The number of hydrogen-bond donors (Lipinski definition) is 2. The molecular formula is C3H6N4O2S. The van der Waals surface area contributed by atoms with Crippen molar-refractivity contribution in [1.82, 2.24) is 15.2 Å². The van der Waals surface area contributed by atoms with Crippen LogP contribution < -0.4 is 5.73 Å². The van der Waals surface area contributed by atoms with Crippen LogP contribution in [0.15, 0.2) is 5.16 Å². The number of hydrogen-bond acceptors (Lipinski definition) is 5. The monoisotopic (exact) mass is 162 g/mol. The second kappa shape index (κ2) is 1.94. The van der Waals surface area contributed by atoms with E-state index in [1.807, 2.05) is 0 Å². The molecule has 0 spiro atoms. The van der Waals surface area contributed by atoms with Crippen LogP contribution in [0.2, 0.25) is 0 Å². The minimum atomic E-state index is -3.32.